The molecule has 4 nitrogen and oxygen atoms in total. The first kappa shape index (κ1) is 15.9. The zero-order valence-corrected chi connectivity index (χ0v) is 12.5. The summed E-state index contributed by atoms with van der Waals surface area (Å²) in [7, 11) is 0. The maximum Gasteiger partial charge on any atom is 0.128 e. The van der Waals surface area contributed by atoms with E-state index in [4.69, 9.17) is 5.11 Å². The monoisotopic (exact) mass is 265 g/mol. The van der Waals surface area contributed by atoms with E-state index >= 15 is 0 Å². The summed E-state index contributed by atoms with van der Waals surface area (Å²) in [6.07, 6.45) is 1.14. The number of pyridine rings is 1. The number of anilines is 1. The van der Waals surface area contributed by atoms with E-state index in [1.165, 1.54) is 0 Å². The highest BCUT2D eigenvalue weighted by Gasteiger charge is 2.07. The van der Waals surface area contributed by atoms with Crippen LogP contribution in [0.4, 0.5) is 5.82 Å². The van der Waals surface area contributed by atoms with Crippen molar-refractivity contribution < 1.29 is 5.11 Å². The molecule has 0 atom stereocenters. The van der Waals surface area contributed by atoms with Gasteiger partial charge in [0, 0.05) is 13.1 Å². The first-order chi connectivity index (χ1) is 9.24. The second-order valence-corrected chi connectivity index (χ2v) is 4.61. The molecule has 0 unspecified atom stereocenters. The Hall–Kier alpha value is -1.13. The van der Waals surface area contributed by atoms with Crippen LogP contribution in [0.25, 0.3) is 0 Å². The van der Waals surface area contributed by atoms with Crippen LogP contribution in [-0.4, -0.2) is 47.7 Å². The van der Waals surface area contributed by atoms with Gasteiger partial charge in [-0.1, -0.05) is 19.9 Å². The van der Waals surface area contributed by atoms with Gasteiger partial charge in [0.15, 0.2) is 0 Å². The average molecular weight is 265 g/mol. The third-order valence-corrected chi connectivity index (χ3v) is 3.46. The molecule has 1 rings (SSSR count). The highest BCUT2D eigenvalue weighted by molar-refractivity contribution is 5.38. The van der Waals surface area contributed by atoms with Crippen molar-refractivity contribution in [1.29, 1.82) is 0 Å². The van der Waals surface area contributed by atoms with Gasteiger partial charge in [-0.25, -0.2) is 4.98 Å². The van der Waals surface area contributed by atoms with Crippen molar-refractivity contribution in [2.75, 3.05) is 37.6 Å². The number of aromatic nitrogens is 1. The SMILES string of the molecule is CCN(CC)CCCN(CC)c1cccc(CO)n1. The van der Waals surface area contributed by atoms with Crippen molar-refractivity contribution in [3.05, 3.63) is 23.9 Å². The maximum atomic E-state index is 9.14. The molecule has 0 fully saturated rings. The molecule has 4 heteroatoms. The van der Waals surface area contributed by atoms with Crippen LogP contribution in [0, 0.1) is 0 Å². The molecule has 0 aromatic carbocycles. The van der Waals surface area contributed by atoms with Gasteiger partial charge in [0.25, 0.3) is 0 Å². The molecular weight excluding hydrogens is 238 g/mol. The lowest BCUT2D eigenvalue weighted by Gasteiger charge is -2.24. The number of aliphatic hydroxyl groups is 1. The topological polar surface area (TPSA) is 39.6 Å². The number of hydrogen-bond acceptors (Lipinski definition) is 4. The van der Waals surface area contributed by atoms with E-state index in [1.807, 2.05) is 18.2 Å². The molecule has 1 aromatic rings. The van der Waals surface area contributed by atoms with Crippen LogP contribution in [0.3, 0.4) is 0 Å². The van der Waals surface area contributed by atoms with Crippen molar-refractivity contribution in [2.24, 2.45) is 0 Å². The van der Waals surface area contributed by atoms with Crippen LogP contribution in [0.5, 0.6) is 0 Å². The zero-order valence-electron chi connectivity index (χ0n) is 12.5. The smallest absolute Gasteiger partial charge is 0.128 e. The molecule has 0 saturated heterocycles. The van der Waals surface area contributed by atoms with Gasteiger partial charge in [0.1, 0.15) is 5.82 Å². The Morgan fingerprint density at radius 1 is 1.05 bits per heavy atom. The standard InChI is InChI=1S/C15H27N3O/c1-4-17(5-2)11-8-12-18(6-3)15-10-7-9-14(13-19)16-15/h7,9-10,19H,4-6,8,11-13H2,1-3H3. The fraction of sp³-hybridized carbons (Fsp3) is 0.667. The Morgan fingerprint density at radius 2 is 1.79 bits per heavy atom. The molecule has 0 aliphatic rings. The molecule has 1 aromatic heterocycles. The minimum absolute atomic E-state index is 0.00480. The average Bonchev–Trinajstić information content (AvgIpc) is 2.47. The summed E-state index contributed by atoms with van der Waals surface area (Å²) in [6, 6.07) is 5.83. The summed E-state index contributed by atoms with van der Waals surface area (Å²) >= 11 is 0. The minimum Gasteiger partial charge on any atom is -0.390 e. The van der Waals surface area contributed by atoms with E-state index in [0.29, 0.717) is 0 Å². The second kappa shape index (κ2) is 8.88. The van der Waals surface area contributed by atoms with Crippen LogP contribution < -0.4 is 4.90 Å². The summed E-state index contributed by atoms with van der Waals surface area (Å²) < 4.78 is 0. The van der Waals surface area contributed by atoms with Crippen LogP contribution in [0.15, 0.2) is 18.2 Å². The van der Waals surface area contributed by atoms with Crippen molar-refractivity contribution in [3.63, 3.8) is 0 Å². The van der Waals surface area contributed by atoms with Gasteiger partial charge in [-0.15, -0.1) is 0 Å². The predicted octanol–water partition coefficient (Wildman–Crippen LogP) is 2.13. The first-order valence-electron chi connectivity index (χ1n) is 7.29. The highest BCUT2D eigenvalue weighted by Crippen LogP contribution is 2.12. The molecule has 0 saturated carbocycles. The molecule has 1 N–H and O–H groups in total. The molecule has 0 bridgehead atoms. The maximum absolute atomic E-state index is 9.14. The molecule has 19 heavy (non-hydrogen) atoms. The van der Waals surface area contributed by atoms with E-state index in [2.05, 4.69) is 35.6 Å². The van der Waals surface area contributed by atoms with Crippen molar-refractivity contribution in [1.82, 2.24) is 9.88 Å². The van der Waals surface area contributed by atoms with Gasteiger partial charge >= 0.3 is 0 Å². The summed E-state index contributed by atoms with van der Waals surface area (Å²) in [5, 5.41) is 9.14. The molecule has 0 aliphatic carbocycles. The molecule has 1 heterocycles. The number of rotatable bonds is 9. The van der Waals surface area contributed by atoms with Gasteiger partial charge in [0.2, 0.25) is 0 Å². The molecule has 0 spiro atoms. The third-order valence-electron chi connectivity index (χ3n) is 3.46. The Labute approximate surface area is 117 Å². The first-order valence-corrected chi connectivity index (χ1v) is 7.29. The van der Waals surface area contributed by atoms with Crippen molar-refractivity contribution >= 4 is 5.82 Å². The van der Waals surface area contributed by atoms with E-state index in [-0.39, 0.29) is 6.61 Å². The van der Waals surface area contributed by atoms with E-state index in [9.17, 15) is 0 Å². The lowest BCUT2D eigenvalue weighted by atomic mass is 10.3. The van der Waals surface area contributed by atoms with Gasteiger partial charge in [-0.05, 0) is 45.1 Å². The quantitative estimate of drug-likeness (QED) is 0.742. The summed E-state index contributed by atoms with van der Waals surface area (Å²) in [4.78, 5) is 9.17. The lowest BCUT2D eigenvalue weighted by molar-refractivity contribution is 0.277. The normalized spacial score (nSPS) is 11.0. The van der Waals surface area contributed by atoms with Crippen molar-refractivity contribution in [3.8, 4) is 0 Å². The molecule has 0 aliphatic heterocycles. The van der Waals surface area contributed by atoms with Crippen LogP contribution in [0.1, 0.15) is 32.9 Å². The van der Waals surface area contributed by atoms with Crippen LogP contribution in [-0.2, 0) is 6.61 Å². The summed E-state index contributed by atoms with van der Waals surface area (Å²) in [5.41, 5.74) is 0.736. The zero-order chi connectivity index (χ0) is 14.1. The third kappa shape index (κ3) is 5.17. The van der Waals surface area contributed by atoms with Gasteiger partial charge in [-0.3, -0.25) is 0 Å². The Bertz CT molecular complexity index is 353. The molecular formula is C15H27N3O. The summed E-state index contributed by atoms with van der Waals surface area (Å²) in [6.45, 7) is 11.9. The fourth-order valence-electron chi connectivity index (χ4n) is 2.19. The van der Waals surface area contributed by atoms with Crippen molar-refractivity contribution in [2.45, 2.75) is 33.8 Å². The number of hydrogen-bond donors (Lipinski definition) is 1. The van der Waals surface area contributed by atoms with Gasteiger partial charge < -0.3 is 14.9 Å². The molecule has 0 amide bonds. The number of aliphatic hydroxyl groups excluding tert-OH is 1. The van der Waals surface area contributed by atoms with Crippen LogP contribution in [0.2, 0.25) is 0 Å². The van der Waals surface area contributed by atoms with Crippen LogP contribution >= 0.6 is 0 Å². The highest BCUT2D eigenvalue weighted by atomic mass is 16.3. The Balaban J connectivity index is 2.52. The minimum atomic E-state index is 0.00480. The Kier molecular flexibility index (Phi) is 7.45. The number of nitrogens with zero attached hydrogens (tertiary/aromatic N) is 3. The second-order valence-electron chi connectivity index (χ2n) is 4.61. The van der Waals surface area contributed by atoms with E-state index < -0.39 is 0 Å². The predicted molar refractivity (Wildman–Crippen MR) is 80.5 cm³/mol. The fourth-order valence-corrected chi connectivity index (χ4v) is 2.19. The largest absolute Gasteiger partial charge is 0.390 e. The molecule has 108 valence electrons. The van der Waals surface area contributed by atoms with Gasteiger partial charge in [-0.2, -0.15) is 0 Å². The van der Waals surface area contributed by atoms with Gasteiger partial charge in [0.05, 0.1) is 12.3 Å². The van der Waals surface area contributed by atoms with E-state index in [1.54, 1.807) is 0 Å². The molecule has 0 radical (unpaired) electrons. The van der Waals surface area contributed by atoms with E-state index in [0.717, 1.165) is 50.7 Å². The summed E-state index contributed by atoms with van der Waals surface area (Å²) in [5.74, 6) is 0.966. The lowest BCUT2D eigenvalue weighted by Crippen LogP contribution is -2.30. The Morgan fingerprint density at radius 3 is 2.37 bits per heavy atom.